The van der Waals surface area contributed by atoms with Crippen LogP contribution in [0.1, 0.15) is 22.8 Å². The number of carbonyl (C=O) groups is 1. The molecule has 0 aliphatic heterocycles. The molecule has 0 saturated heterocycles. The van der Waals surface area contributed by atoms with Crippen LogP contribution in [0.15, 0.2) is 24.4 Å². The second kappa shape index (κ2) is 4.61. The fourth-order valence-electron chi connectivity index (χ4n) is 1.79. The van der Waals surface area contributed by atoms with Gasteiger partial charge in [-0.2, -0.15) is 11.8 Å². The summed E-state index contributed by atoms with van der Waals surface area (Å²) in [5.74, 6) is 1.60. The van der Waals surface area contributed by atoms with E-state index < -0.39 is 0 Å². The molecule has 4 heteroatoms. The highest BCUT2D eigenvalue weighted by molar-refractivity contribution is 7.98. The molecule has 2 aromatic rings. The number of aromatic nitrogens is 1. The summed E-state index contributed by atoms with van der Waals surface area (Å²) in [6.07, 6.45) is 1.96. The van der Waals surface area contributed by atoms with Gasteiger partial charge in [0.15, 0.2) is 0 Å². The Labute approximate surface area is 98.4 Å². The molecule has 0 spiro atoms. The number of rotatable bonds is 4. The number of thioether (sulfide) groups is 1. The number of fused-ring (bicyclic) bond motifs is 1. The van der Waals surface area contributed by atoms with Gasteiger partial charge in [-0.3, -0.25) is 4.79 Å². The highest BCUT2D eigenvalue weighted by Gasteiger charge is 2.11. The molecule has 0 fully saturated rings. The minimum atomic E-state index is -0.368. The van der Waals surface area contributed by atoms with Crippen LogP contribution in [0.5, 0.6) is 0 Å². The average Bonchev–Trinajstić information content (AvgIpc) is 2.69. The SMILES string of the molecule is CCSCc1c[nH]c2cccc(C(N)=O)c12. The maximum atomic E-state index is 11.3. The van der Waals surface area contributed by atoms with Gasteiger partial charge in [0.2, 0.25) is 5.91 Å². The average molecular weight is 234 g/mol. The molecular formula is C12H14N2OS. The Hall–Kier alpha value is -1.42. The monoisotopic (exact) mass is 234 g/mol. The van der Waals surface area contributed by atoms with Crippen molar-refractivity contribution in [1.82, 2.24) is 4.98 Å². The highest BCUT2D eigenvalue weighted by Crippen LogP contribution is 2.25. The van der Waals surface area contributed by atoms with Crippen LogP contribution in [0, 0.1) is 0 Å². The van der Waals surface area contributed by atoms with Gasteiger partial charge >= 0.3 is 0 Å². The minimum absolute atomic E-state index is 0.368. The van der Waals surface area contributed by atoms with Crippen LogP contribution in [-0.2, 0) is 5.75 Å². The van der Waals surface area contributed by atoms with Crippen LogP contribution in [0.4, 0.5) is 0 Å². The zero-order valence-corrected chi connectivity index (χ0v) is 9.93. The smallest absolute Gasteiger partial charge is 0.249 e. The molecule has 1 amide bonds. The van der Waals surface area contributed by atoms with E-state index in [-0.39, 0.29) is 5.91 Å². The summed E-state index contributed by atoms with van der Waals surface area (Å²) in [7, 11) is 0. The zero-order chi connectivity index (χ0) is 11.5. The second-order valence-electron chi connectivity index (χ2n) is 3.54. The van der Waals surface area contributed by atoms with Crippen molar-refractivity contribution < 1.29 is 4.79 Å². The molecule has 2 rings (SSSR count). The molecule has 3 nitrogen and oxygen atoms in total. The molecule has 1 aromatic heterocycles. The van der Waals surface area contributed by atoms with Crippen LogP contribution >= 0.6 is 11.8 Å². The maximum Gasteiger partial charge on any atom is 0.249 e. The van der Waals surface area contributed by atoms with Crippen LogP contribution < -0.4 is 5.73 Å². The van der Waals surface area contributed by atoms with Gasteiger partial charge in [-0.15, -0.1) is 0 Å². The number of H-pyrrole nitrogens is 1. The van der Waals surface area contributed by atoms with Crippen LogP contribution in [0.3, 0.4) is 0 Å². The fraction of sp³-hybridized carbons (Fsp3) is 0.250. The van der Waals surface area contributed by atoms with Gasteiger partial charge in [0.05, 0.1) is 0 Å². The van der Waals surface area contributed by atoms with Crippen molar-refractivity contribution in [3.05, 3.63) is 35.5 Å². The Morgan fingerprint density at radius 2 is 2.31 bits per heavy atom. The van der Waals surface area contributed by atoms with Gasteiger partial charge in [-0.05, 0) is 23.4 Å². The quantitative estimate of drug-likeness (QED) is 0.854. The lowest BCUT2D eigenvalue weighted by atomic mass is 10.1. The van der Waals surface area contributed by atoms with E-state index >= 15 is 0 Å². The minimum Gasteiger partial charge on any atom is -0.366 e. The van der Waals surface area contributed by atoms with Crippen molar-refractivity contribution in [3.8, 4) is 0 Å². The first-order valence-corrected chi connectivity index (χ1v) is 6.36. The van der Waals surface area contributed by atoms with Gasteiger partial charge in [0.1, 0.15) is 0 Å². The van der Waals surface area contributed by atoms with Crippen molar-refractivity contribution in [1.29, 1.82) is 0 Å². The molecule has 84 valence electrons. The number of hydrogen-bond acceptors (Lipinski definition) is 2. The molecule has 0 saturated carbocycles. The third kappa shape index (κ3) is 1.93. The van der Waals surface area contributed by atoms with Crippen molar-refractivity contribution in [3.63, 3.8) is 0 Å². The van der Waals surface area contributed by atoms with E-state index in [2.05, 4.69) is 11.9 Å². The molecule has 1 aromatic carbocycles. The maximum absolute atomic E-state index is 11.3. The molecule has 0 bridgehead atoms. The normalized spacial score (nSPS) is 10.8. The summed E-state index contributed by atoms with van der Waals surface area (Å²) in [4.78, 5) is 14.5. The van der Waals surface area contributed by atoms with E-state index in [0.29, 0.717) is 5.56 Å². The highest BCUT2D eigenvalue weighted by atomic mass is 32.2. The van der Waals surface area contributed by atoms with E-state index in [1.54, 1.807) is 6.07 Å². The largest absolute Gasteiger partial charge is 0.366 e. The van der Waals surface area contributed by atoms with Crippen molar-refractivity contribution in [2.24, 2.45) is 5.73 Å². The fourth-order valence-corrected chi connectivity index (χ4v) is 2.44. The predicted molar refractivity (Wildman–Crippen MR) is 68.7 cm³/mol. The molecule has 0 aliphatic rings. The first-order valence-electron chi connectivity index (χ1n) is 5.20. The lowest BCUT2D eigenvalue weighted by molar-refractivity contribution is 0.100. The molecular weight excluding hydrogens is 220 g/mol. The standard InChI is InChI=1S/C12H14N2OS/c1-2-16-7-8-6-14-10-5-3-4-9(11(8)10)12(13)15/h3-6,14H,2,7H2,1H3,(H2,13,15). The van der Waals surface area contributed by atoms with Crippen LogP contribution in [0.2, 0.25) is 0 Å². The lowest BCUT2D eigenvalue weighted by Gasteiger charge is -2.02. The first kappa shape index (κ1) is 11.1. The van der Waals surface area contributed by atoms with Crippen molar-refractivity contribution in [2.45, 2.75) is 12.7 Å². The summed E-state index contributed by atoms with van der Waals surface area (Å²) in [6, 6.07) is 5.58. The third-order valence-electron chi connectivity index (χ3n) is 2.51. The summed E-state index contributed by atoms with van der Waals surface area (Å²) in [5.41, 5.74) is 8.10. The molecule has 0 unspecified atom stereocenters. The van der Waals surface area contributed by atoms with Gasteiger partial charge < -0.3 is 10.7 Å². The second-order valence-corrected chi connectivity index (χ2v) is 4.82. The van der Waals surface area contributed by atoms with E-state index in [4.69, 9.17) is 5.73 Å². The summed E-state index contributed by atoms with van der Waals surface area (Å²) in [5, 5.41) is 0.968. The van der Waals surface area contributed by atoms with Crippen molar-refractivity contribution >= 4 is 28.6 Å². The number of hydrogen-bond donors (Lipinski definition) is 2. The molecule has 3 N–H and O–H groups in total. The van der Waals surface area contributed by atoms with E-state index in [1.165, 1.54) is 0 Å². The number of nitrogens with two attached hydrogens (primary N) is 1. The van der Waals surface area contributed by atoms with Crippen molar-refractivity contribution in [2.75, 3.05) is 5.75 Å². The third-order valence-corrected chi connectivity index (χ3v) is 3.44. The predicted octanol–water partition coefficient (Wildman–Crippen LogP) is 2.52. The molecule has 0 aliphatic carbocycles. The van der Waals surface area contributed by atoms with Gasteiger partial charge in [0, 0.05) is 28.4 Å². The van der Waals surface area contributed by atoms with Gasteiger partial charge in [-0.1, -0.05) is 13.0 Å². The molecule has 0 atom stereocenters. The number of carbonyl (C=O) groups excluding carboxylic acids is 1. The molecule has 16 heavy (non-hydrogen) atoms. The van der Waals surface area contributed by atoms with E-state index in [9.17, 15) is 4.79 Å². The van der Waals surface area contributed by atoms with E-state index in [0.717, 1.165) is 28.0 Å². The Balaban J connectivity index is 2.54. The Morgan fingerprint density at radius 1 is 1.50 bits per heavy atom. The Bertz CT molecular complexity index is 519. The summed E-state index contributed by atoms with van der Waals surface area (Å²) >= 11 is 1.83. The number of amides is 1. The van der Waals surface area contributed by atoms with Crippen LogP contribution in [0.25, 0.3) is 10.9 Å². The number of benzene rings is 1. The number of primary amides is 1. The summed E-state index contributed by atoms with van der Waals surface area (Å²) in [6.45, 7) is 2.12. The number of aromatic amines is 1. The lowest BCUT2D eigenvalue weighted by Crippen LogP contribution is -2.11. The first-order chi connectivity index (χ1) is 7.74. The van der Waals surface area contributed by atoms with Gasteiger partial charge in [0.25, 0.3) is 0 Å². The number of nitrogens with one attached hydrogen (secondary N) is 1. The molecule has 0 radical (unpaired) electrons. The summed E-state index contributed by atoms with van der Waals surface area (Å²) < 4.78 is 0. The topological polar surface area (TPSA) is 58.9 Å². The van der Waals surface area contributed by atoms with E-state index in [1.807, 2.05) is 30.1 Å². The van der Waals surface area contributed by atoms with Crippen LogP contribution in [-0.4, -0.2) is 16.6 Å². The Kier molecular flexibility index (Phi) is 3.19. The Morgan fingerprint density at radius 3 is 3.00 bits per heavy atom. The zero-order valence-electron chi connectivity index (χ0n) is 9.12. The molecule has 1 heterocycles. The van der Waals surface area contributed by atoms with Gasteiger partial charge in [-0.25, -0.2) is 0 Å².